The van der Waals surface area contributed by atoms with Crippen LogP contribution in [0.1, 0.15) is 18.9 Å². The van der Waals surface area contributed by atoms with Gasteiger partial charge >= 0.3 is 5.97 Å². The zero-order valence-electron chi connectivity index (χ0n) is 10.9. The fourth-order valence-electron chi connectivity index (χ4n) is 2.07. The Balaban J connectivity index is 1.82. The van der Waals surface area contributed by atoms with E-state index in [-0.39, 0.29) is 12.8 Å². The van der Waals surface area contributed by atoms with E-state index >= 15 is 0 Å². The summed E-state index contributed by atoms with van der Waals surface area (Å²) in [6, 6.07) is 10.00. The van der Waals surface area contributed by atoms with Crippen LogP contribution in [-0.4, -0.2) is 36.2 Å². The number of nitrogens with one attached hydrogen (secondary N) is 1. The molecule has 3 atom stereocenters. The Morgan fingerprint density at radius 1 is 1.42 bits per heavy atom. The third kappa shape index (κ3) is 3.76. The van der Waals surface area contributed by atoms with Gasteiger partial charge in [-0.3, -0.25) is 5.32 Å². The van der Waals surface area contributed by atoms with E-state index < -0.39 is 18.3 Å². The van der Waals surface area contributed by atoms with Crippen molar-refractivity contribution in [1.29, 1.82) is 0 Å². The van der Waals surface area contributed by atoms with Gasteiger partial charge in [-0.15, -0.1) is 0 Å². The molecule has 1 saturated heterocycles. The van der Waals surface area contributed by atoms with E-state index in [2.05, 4.69) is 5.32 Å². The molecule has 1 aliphatic heterocycles. The van der Waals surface area contributed by atoms with Crippen molar-refractivity contribution in [2.75, 3.05) is 6.61 Å². The maximum Gasteiger partial charge on any atom is 0.339 e. The molecule has 3 unspecified atom stereocenters. The van der Waals surface area contributed by atoms with Gasteiger partial charge in [0.15, 0.2) is 6.10 Å². The summed E-state index contributed by atoms with van der Waals surface area (Å²) in [7, 11) is 0. The van der Waals surface area contributed by atoms with E-state index in [0.29, 0.717) is 6.42 Å². The van der Waals surface area contributed by atoms with Gasteiger partial charge in [-0.05, 0) is 25.3 Å². The molecule has 0 saturated carbocycles. The molecule has 1 heterocycles. The number of aryl methyl sites for hydroxylation is 1. The molecule has 0 spiro atoms. The van der Waals surface area contributed by atoms with Crippen molar-refractivity contribution < 1.29 is 19.4 Å². The predicted octanol–water partition coefficient (Wildman–Crippen LogP) is 0.815. The lowest BCUT2D eigenvalue weighted by Gasteiger charge is -2.11. The van der Waals surface area contributed by atoms with Crippen LogP contribution in [-0.2, 0) is 20.7 Å². The number of esters is 1. The number of aliphatic hydroxyl groups excluding tert-OH is 1. The van der Waals surface area contributed by atoms with Gasteiger partial charge in [-0.1, -0.05) is 30.3 Å². The molecule has 0 amide bonds. The Bertz CT molecular complexity index is 409. The van der Waals surface area contributed by atoms with Gasteiger partial charge in [0.2, 0.25) is 0 Å². The number of carbonyl (C=O) groups is 1. The Hall–Kier alpha value is -1.43. The summed E-state index contributed by atoms with van der Waals surface area (Å²) in [6.45, 7) is 2.00. The van der Waals surface area contributed by atoms with Crippen molar-refractivity contribution in [1.82, 2.24) is 5.32 Å². The van der Waals surface area contributed by atoms with Crippen LogP contribution in [0.2, 0.25) is 0 Å². The quantitative estimate of drug-likeness (QED) is 0.771. The van der Waals surface area contributed by atoms with E-state index in [1.165, 1.54) is 5.56 Å². The Morgan fingerprint density at radius 2 is 2.16 bits per heavy atom. The van der Waals surface area contributed by atoms with Gasteiger partial charge < -0.3 is 14.6 Å². The number of aliphatic hydroxyl groups is 1. The summed E-state index contributed by atoms with van der Waals surface area (Å²) in [6.07, 6.45) is -0.747. The van der Waals surface area contributed by atoms with Crippen molar-refractivity contribution in [3.63, 3.8) is 0 Å². The highest BCUT2D eigenvalue weighted by Gasteiger charge is 2.38. The van der Waals surface area contributed by atoms with Crippen molar-refractivity contribution in [3.8, 4) is 0 Å². The Kier molecular flexibility index (Phi) is 4.90. The fourth-order valence-corrected chi connectivity index (χ4v) is 2.07. The molecule has 5 heteroatoms. The first kappa shape index (κ1) is 14.0. The number of hydrogen-bond donors (Lipinski definition) is 2. The molecule has 104 valence electrons. The lowest BCUT2D eigenvalue weighted by atomic mass is 10.1. The summed E-state index contributed by atoms with van der Waals surface area (Å²) >= 11 is 0. The van der Waals surface area contributed by atoms with Gasteiger partial charge in [0.25, 0.3) is 0 Å². The van der Waals surface area contributed by atoms with Crippen molar-refractivity contribution in [3.05, 3.63) is 35.9 Å². The standard InChI is InChI=1S/C14H19NO4/c1-2-18-14(17)12-13(16)15-11(19-12)9-8-10-6-4-3-5-7-10/h3-7,11-13,15-16H,2,8-9H2,1H3. The van der Waals surface area contributed by atoms with E-state index in [0.717, 1.165) is 6.42 Å². The van der Waals surface area contributed by atoms with Gasteiger partial charge in [-0.2, -0.15) is 0 Å². The second-order valence-corrected chi connectivity index (χ2v) is 4.43. The minimum absolute atomic E-state index is 0.278. The SMILES string of the molecule is CCOC(=O)C1OC(CCc2ccccc2)NC1O. The van der Waals surface area contributed by atoms with Crippen molar-refractivity contribution in [2.45, 2.75) is 38.3 Å². The number of rotatable bonds is 5. The Morgan fingerprint density at radius 3 is 2.84 bits per heavy atom. The minimum atomic E-state index is -1.00. The predicted molar refractivity (Wildman–Crippen MR) is 69.2 cm³/mol. The zero-order valence-corrected chi connectivity index (χ0v) is 10.9. The van der Waals surface area contributed by atoms with Gasteiger partial charge in [0.1, 0.15) is 12.5 Å². The average molecular weight is 265 g/mol. The van der Waals surface area contributed by atoms with Crippen LogP contribution in [0.3, 0.4) is 0 Å². The summed E-state index contributed by atoms with van der Waals surface area (Å²) in [4.78, 5) is 11.5. The van der Waals surface area contributed by atoms with E-state index in [1.807, 2.05) is 30.3 Å². The lowest BCUT2D eigenvalue weighted by Crippen LogP contribution is -2.37. The topological polar surface area (TPSA) is 67.8 Å². The Labute approximate surface area is 112 Å². The van der Waals surface area contributed by atoms with Crippen LogP contribution in [0.15, 0.2) is 30.3 Å². The van der Waals surface area contributed by atoms with Crippen LogP contribution in [0, 0.1) is 0 Å². The zero-order chi connectivity index (χ0) is 13.7. The third-order valence-corrected chi connectivity index (χ3v) is 3.01. The molecule has 1 aromatic carbocycles. The molecule has 2 rings (SSSR count). The van der Waals surface area contributed by atoms with Crippen molar-refractivity contribution in [2.24, 2.45) is 0 Å². The first-order valence-electron chi connectivity index (χ1n) is 6.51. The highest BCUT2D eigenvalue weighted by Crippen LogP contribution is 2.16. The normalized spacial score (nSPS) is 26.3. The van der Waals surface area contributed by atoms with E-state index in [4.69, 9.17) is 9.47 Å². The highest BCUT2D eigenvalue weighted by molar-refractivity contribution is 5.75. The number of benzene rings is 1. The summed E-state index contributed by atoms with van der Waals surface area (Å²) in [5.41, 5.74) is 1.20. The maximum atomic E-state index is 11.5. The molecule has 0 aromatic heterocycles. The van der Waals surface area contributed by atoms with Crippen LogP contribution >= 0.6 is 0 Å². The van der Waals surface area contributed by atoms with Gasteiger partial charge in [0, 0.05) is 0 Å². The summed E-state index contributed by atoms with van der Waals surface area (Å²) < 4.78 is 10.3. The molecule has 0 aliphatic carbocycles. The van der Waals surface area contributed by atoms with Crippen LogP contribution in [0.4, 0.5) is 0 Å². The van der Waals surface area contributed by atoms with Crippen molar-refractivity contribution >= 4 is 5.97 Å². The van der Waals surface area contributed by atoms with Crippen LogP contribution in [0.25, 0.3) is 0 Å². The van der Waals surface area contributed by atoms with Gasteiger partial charge in [0.05, 0.1) is 6.61 Å². The maximum absolute atomic E-state index is 11.5. The second kappa shape index (κ2) is 6.65. The molecule has 5 nitrogen and oxygen atoms in total. The molecule has 0 radical (unpaired) electrons. The largest absolute Gasteiger partial charge is 0.464 e. The number of carbonyl (C=O) groups excluding carboxylic acids is 1. The molecule has 1 fully saturated rings. The smallest absolute Gasteiger partial charge is 0.339 e. The molecule has 2 N–H and O–H groups in total. The van der Waals surface area contributed by atoms with Crippen LogP contribution in [0.5, 0.6) is 0 Å². The molecule has 19 heavy (non-hydrogen) atoms. The average Bonchev–Trinajstić information content (AvgIpc) is 2.79. The second-order valence-electron chi connectivity index (χ2n) is 4.43. The summed E-state index contributed by atoms with van der Waals surface area (Å²) in [5, 5.41) is 12.6. The number of hydrogen-bond acceptors (Lipinski definition) is 5. The molecular weight excluding hydrogens is 246 g/mol. The van der Waals surface area contributed by atoms with E-state index in [9.17, 15) is 9.90 Å². The number of ether oxygens (including phenoxy) is 2. The lowest BCUT2D eigenvalue weighted by molar-refractivity contribution is -0.159. The third-order valence-electron chi connectivity index (χ3n) is 3.01. The fraction of sp³-hybridized carbons (Fsp3) is 0.500. The first-order valence-corrected chi connectivity index (χ1v) is 6.51. The molecule has 0 bridgehead atoms. The van der Waals surface area contributed by atoms with E-state index in [1.54, 1.807) is 6.92 Å². The molecule has 1 aromatic rings. The monoisotopic (exact) mass is 265 g/mol. The summed E-state index contributed by atoms with van der Waals surface area (Å²) in [5.74, 6) is -0.523. The molecule has 1 aliphatic rings. The van der Waals surface area contributed by atoms with Crippen LogP contribution < -0.4 is 5.32 Å². The highest BCUT2D eigenvalue weighted by atomic mass is 16.6. The van der Waals surface area contributed by atoms with Gasteiger partial charge in [-0.25, -0.2) is 4.79 Å². The minimum Gasteiger partial charge on any atom is -0.464 e. The first-order chi connectivity index (χ1) is 9.20. The molecular formula is C14H19NO4.